The molecule has 0 radical (unpaired) electrons. The molecule has 1 aliphatic rings. The summed E-state index contributed by atoms with van der Waals surface area (Å²) in [7, 11) is -2.19. The van der Waals surface area contributed by atoms with E-state index in [9.17, 15) is 18.0 Å². The Morgan fingerprint density at radius 3 is 2.55 bits per heavy atom. The van der Waals surface area contributed by atoms with Crippen molar-refractivity contribution in [1.82, 2.24) is 25.1 Å². The van der Waals surface area contributed by atoms with Crippen molar-refractivity contribution in [2.75, 3.05) is 13.6 Å². The molecule has 2 heterocycles. The molecule has 1 aliphatic heterocycles. The van der Waals surface area contributed by atoms with Gasteiger partial charge in [0.25, 0.3) is 5.56 Å². The summed E-state index contributed by atoms with van der Waals surface area (Å²) in [6.07, 6.45) is 4.74. The molecule has 9 nitrogen and oxygen atoms in total. The van der Waals surface area contributed by atoms with Gasteiger partial charge in [-0.05, 0) is 43.0 Å². The number of unbranched alkanes of at least 4 members (excludes halogenated alkanes) is 2. The van der Waals surface area contributed by atoms with E-state index in [1.54, 1.807) is 7.05 Å². The molecule has 33 heavy (non-hydrogen) atoms. The highest BCUT2D eigenvalue weighted by Crippen LogP contribution is 2.24. The van der Waals surface area contributed by atoms with Crippen molar-refractivity contribution in [1.29, 1.82) is 0 Å². The van der Waals surface area contributed by atoms with Gasteiger partial charge in [0.15, 0.2) is 0 Å². The summed E-state index contributed by atoms with van der Waals surface area (Å²) in [6, 6.07) is 15.2. The fraction of sp³-hybridized carbons (Fsp3) is 0.391. The Hall–Kier alpha value is -2.79. The van der Waals surface area contributed by atoms with Crippen LogP contribution in [0.1, 0.15) is 43.7 Å². The highest BCUT2D eigenvalue weighted by molar-refractivity contribution is 7.89. The fourth-order valence-corrected chi connectivity index (χ4v) is 5.46. The van der Waals surface area contributed by atoms with Crippen LogP contribution < -0.4 is 22.1 Å². The molecule has 0 amide bonds. The first kappa shape index (κ1) is 23.4. The molecule has 10 heteroatoms. The Morgan fingerprint density at radius 2 is 1.76 bits per heavy atom. The highest BCUT2D eigenvalue weighted by atomic mass is 32.2. The van der Waals surface area contributed by atoms with Crippen LogP contribution in [0, 0.1) is 0 Å². The predicted octanol–water partition coefficient (Wildman–Crippen LogP) is 2.01. The first-order valence-electron chi connectivity index (χ1n) is 11.1. The molecule has 4 rings (SSSR count). The Labute approximate surface area is 192 Å². The average molecular weight is 472 g/mol. The topological polar surface area (TPSA) is 127 Å². The lowest BCUT2D eigenvalue weighted by molar-refractivity contribution is 0.438. The van der Waals surface area contributed by atoms with E-state index in [-0.39, 0.29) is 10.3 Å². The van der Waals surface area contributed by atoms with Crippen LogP contribution in [0.4, 0.5) is 0 Å². The number of nitrogens with zero attached hydrogens (tertiary/aromatic N) is 1. The molecule has 2 aromatic carbocycles. The molecule has 3 aromatic rings. The van der Waals surface area contributed by atoms with Crippen LogP contribution in [0.25, 0.3) is 10.9 Å². The van der Waals surface area contributed by atoms with E-state index >= 15 is 0 Å². The van der Waals surface area contributed by atoms with Gasteiger partial charge < -0.3 is 4.98 Å². The number of hydrogen-bond acceptors (Lipinski definition) is 6. The summed E-state index contributed by atoms with van der Waals surface area (Å²) >= 11 is 0. The first-order chi connectivity index (χ1) is 15.8. The number of hydrazine groups is 1. The van der Waals surface area contributed by atoms with Crippen LogP contribution in [0.2, 0.25) is 0 Å². The van der Waals surface area contributed by atoms with Gasteiger partial charge in [0.2, 0.25) is 10.0 Å². The predicted molar refractivity (Wildman–Crippen MR) is 127 cm³/mol. The van der Waals surface area contributed by atoms with Crippen molar-refractivity contribution in [2.24, 2.45) is 0 Å². The van der Waals surface area contributed by atoms with E-state index in [2.05, 4.69) is 33.0 Å². The largest absolute Gasteiger partial charge is 0.326 e. The second-order valence-electron chi connectivity index (χ2n) is 8.48. The van der Waals surface area contributed by atoms with E-state index in [0.29, 0.717) is 24.1 Å². The molecule has 0 spiro atoms. The van der Waals surface area contributed by atoms with Crippen LogP contribution in [-0.2, 0) is 10.0 Å². The zero-order valence-electron chi connectivity index (χ0n) is 18.5. The molecule has 0 saturated carbocycles. The Balaban J connectivity index is 1.26. The van der Waals surface area contributed by atoms with E-state index in [4.69, 9.17) is 0 Å². The van der Waals surface area contributed by atoms with E-state index < -0.39 is 21.3 Å². The SMILES string of the molecule is CN(CCCCCC1CC(c2ccccc2)NN1)S(=O)(=O)c1ccc2[nH]c(=O)[nH]c(=O)c2c1. The maximum Gasteiger partial charge on any atom is 0.326 e. The smallest absolute Gasteiger partial charge is 0.307 e. The minimum absolute atomic E-state index is 0.0308. The molecule has 1 fully saturated rings. The van der Waals surface area contributed by atoms with Gasteiger partial charge in [-0.25, -0.2) is 17.5 Å². The standard InChI is InChI=1S/C23H29N5O4S/c1-28(33(31,32)18-11-12-20-19(15-18)22(29)25-23(30)24-20)13-7-3-6-10-17-14-21(27-26-17)16-8-4-2-5-9-16/h2,4-5,8-9,11-12,15,17,21,26-27H,3,6-7,10,13-14H2,1H3,(H2,24,25,29,30). The normalized spacial score (nSPS) is 18.8. The molecule has 4 N–H and O–H groups in total. The van der Waals surface area contributed by atoms with Gasteiger partial charge in [-0.2, -0.15) is 0 Å². The molecule has 2 atom stereocenters. The molecule has 1 aromatic heterocycles. The molecule has 176 valence electrons. The van der Waals surface area contributed by atoms with Gasteiger partial charge in [0, 0.05) is 25.7 Å². The number of nitrogens with one attached hydrogen (secondary N) is 4. The Morgan fingerprint density at radius 1 is 0.970 bits per heavy atom. The van der Waals surface area contributed by atoms with Crippen molar-refractivity contribution >= 4 is 20.9 Å². The molecule has 0 aliphatic carbocycles. The van der Waals surface area contributed by atoms with E-state index in [1.807, 2.05) is 18.2 Å². The number of aromatic amines is 2. The van der Waals surface area contributed by atoms with Crippen molar-refractivity contribution in [2.45, 2.75) is 49.1 Å². The summed E-state index contributed by atoms with van der Waals surface area (Å²) in [5.41, 5.74) is 7.07. The summed E-state index contributed by atoms with van der Waals surface area (Å²) < 4.78 is 27.2. The van der Waals surface area contributed by atoms with Crippen LogP contribution in [0.3, 0.4) is 0 Å². The monoisotopic (exact) mass is 471 g/mol. The lowest BCUT2D eigenvalue weighted by Crippen LogP contribution is -2.31. The molecule has 0 bridgehead atoms. The summed E-state index contributed by atoms with van der Waals surface area (Å²) in [5, 5.41) is 0.135. The third kappa shape index (κ3) is 5.41. The zero-order chi connectivity index (χ0) is 23.4. The molecule has 2 unspecified atom stereocenters. The van der Waals surface area contributed by atoms with Gasteiger partial charge >= 0.3 is 5.69 Å². The lowest BCUT2D eigenvalue weighted by atomic mass is 9.99. The number of sulfonamides is 1. The maximum atomic E-state index is 12.9. The summed E-state index contributed by atoms with van der Waals surface area (Å²) in [6.45, 7) is 0.394. The van der Waals surface area contributed by atoms with Crippen molar-refractivity contribution in [3.05, 3.63) is 74.9 Å². The van der Waals surface area contributed by atoms with Gasteiger partial charge in [0.1, 0.15) is 0 Å². The summed E-state index contributed by atoms with van der Waals surface area (Å²) in [4.78, 5) is 28.0. The van der Waals surface area contributed by atoms with Crippen LogP contribution in [0.5, 0.6) is 0 Å². The lowest BCUT2D eigenvalue weighted by Gasteiger charge is -2.17. The highest BCUT2D eigenvalue weighted by Gasteiger charge is 2.24. The average Bonchev–Trinajstić information content (AvgIpc) is 3.28. The van der Waals surface area contributed by atoms with E-state index in [1.165, 1.54) is 28.1 Å². The van der Waals surface area contributed by atoms with Crippen molar-refractivity contribution in [3.8, 4) is 0 Å². The second-order valence-corrected chi connectivity index (χ2v) is 10.5. The van der Waals surface area contributed by atoms with Crippen molar-refractivity contribution < 1.29 is 8.42 Å². The van der Waals surface area contributed by atoms with E-state index in [0.717, 1.165) is 32.1 Å². The van der Waals surface area contributed by atoms with Crippen LogP contribution in [0.15, 0.2) is 63.0 Å². The minimum atomic E-state index is -3.73. The second kappa shape index (κ2) is 10.0. The quantitative estimate of drug-likeness (QED) is 0.354. The van der Waals surface area contributed by atoms with Crippen LogP contribution >= 0.6 is 0 Å². The first-order valence-corrected chi connectivity index (χ1v) is 12.6. The Bertz CT molecular complexity index is 1320. The van der Waals surface area contributed by atoms with Gasteiger partial charge in [-0.1, -0.05) is 43.2 Å². The minimum Gasteiger partial charge on any atom is -0.307 e. The van der Waals surface area contributed by atoms with Gasteiger partial charge in [-0.3, -0.25) is 20.6 Å². The third-order valence-corrected chi connectivity index (χ3v) is 7.98. The number of fused-ring (bicyclic) bond motifs is 1. The maximum absolute atomic E-state index is 12.9. The fourth-order valence-electron chi connectivity index (χ4n) is 4.22. The van der Waals surface area contributed by atoms with Gasteiger partial charge in [0.05, 0.1) is 15.8 Å². The molecular weight excluding hydrogens is 442 g/mol. The number of benzene rings is 2. The van der Waals surface area contributed by atoms with Crippen molar-refractivity contribution in [3.63, 3.8) is 0 Å². The summed E-state index contributed by atoms with van der Waals surface area (Å²) in [5.74, 6) is 0. The number of hydrogen-bond donors (Lipinski definition) is 4. The number of H-pyrrole nitrogens is 2. The Kier molecular flexibility index (Phi) is 7.08. The molecule has 1 saturated heterocycles. The van der Waals surface area contributed by atoms with Crippen LogP contribution in [-0.4, -0.2) is 42.3 Å². The van der Waals surface area contributed by atoms with Gasteiger partial charge in [-0.15, -0.1) is 0 Å². The number of aromatic nitrogens is 2. The molecular formula is C23H29N5O4S. The third-order valence-electron chi connectivity index (χ3n) is 6.13. The number of rotatable bonds is 9. The zero-order valence-corrected chi connectivity index (χ0v) is 19.3.